The zero-order chi connectivity index (χ0) is 15.4. The van der Waals surface area contributed by atoms with E-state index in [9.17, 15) is 9.59 Å². The van der Waals surface area contributed by atoms with Gasteiger partial charge < -0.3 is 10.5 Å². The summed E-state index contributed by atoms with van der Waals surface area (Å²) in [4.78, 5) is 22.6. The van der Waals surface area contributed by atoms with Crippen LogP contribution in [0.3, 0.4) is 0 Å². The fourth-order valence-electron chi connectivity index (χ4n) is 1.80. The van der Waals surface area contributed by atoms with E-state index in [0.717, 1.165) is 6.08 Å². The summed E-state index contributed by atoms with van der Waals surface area (Å²) in [6, 6.07) is 7.00. The second-order valence-corrected chi connectivity index (χ2v) is 4.57. The highest BCUT2D eigenvalue weighted by atomic mass is 32.1. The highest BCUT2D eigenvalue weighted by Crippen LogP contribution is 2.25. The fraction of sp³-hybridized carbons (Fsp3) is 0.0714. The highest BCUT2D eigenvalue weighted by Gasteiger charge is 2.14. The van der Waals surface area contributed by atoms with E-state index in [1.54, 1.807) is 36.7 Å². The van der Waals surface area contributed by atoms with E-state index in [1.807, 2.05) is 0 Å². The van der Waals surface area contributed by atoms with E-state index in [-0.39, 0.29) is 5.03 Å². The number of benzene rings is 1. The molecule has 0 aliphatic rings. The zero-order valence-electron chi connectivity index (χ0n) is 11.2. The number of hydrogen-bond donors (Lipinski definition) is 2. The Kier molecular flexibility index (Phi) is 4.44. The molecule has 2 N–H and O–H groups in total. The number of carbonyl (C=O) groups is 2. The summed E-state index contributed by atoms with van der Waals surface area (Å²) in [5.41, 5.74) is 6.87. The Hall–Kier alpha value is -2.54. The van der Waals surface area contributed by atoms with Crippen molar-refractivity contribution in [3.63, 3.8) is 0 Å². The molecule has 2 rings (SSSR count). The van der Waals surface area contributed by atoms with Crippen LogP contribution in [0, 0.1) is 0 Å². The molecule has 0 radical (unpaired) electrons. The molecule has 0 spiro atoms. The molecule has 6 nitrogen and oxygen atoms in total. The summed E-state index contributed by atoms with van der Waals surface area (Å²) < 4.78 is 6.14. The monoisotopic (exact) mass is 303 g/mol. The molecule has 0 saturated heterocycles. The van der Waals surface area contributed by atoms with Crippen LogP contribution in [0.25, 0.3) is 16.2 Å². The molecule has 1 heterocycles. The summed E-state index contributed by atoms with van der Waals surface area (Å²) >= 11 is 4.14. The van der Waals surface area contributed by atoms with Crippen molar-refractivity contribution in [3.8, 4) is 11.1 Å². The Bertz CT molecular complexity index is 722. The third kappa shape index (κ3) is 3.32. The molecule has 2 aromatic rings. The van der Waals surface area contributed by atoms with E-state index >= 15 is 0 Å². The Morgan fingerprint density at radius 3 is 2.76 bits per heavy atom. The van der Waals surface area contributed by atoms with Crippen molar-refractivity contribution >= 4 is 29.5 Å². The molecule has 0 bridgehead atoms. The maximum atomic E-state index is 11.8. The first kappa shape index (κ1) is 14.9. The van der Waals surface area contributed by atoms with E-state index in [0.29, 0.717) is 16.7 Å². The molecule has 0 aliphatic heterocycles. The van der Waals surface area contributed by atoms with Gasteiger partial charge in [0.1, 0.15) is 0 Å². The van der Waals surface area contributed by atoms with Crippen LogP contribution in [-0.4, -0.2) is 28.8 Å². The Morgan fingerprint density at radius 1 is 1.38 bits per heavy atom. The van der Waals surface area contributed by atoms with Gasteiger partial charge in [-0.25, -0.2) is 9.48 Å². The van der Waals surface area contributed by atoms with E-state index in [1.165, 1.54) is 11.8 Å². The minimum atomic E-state index is -0.619. The fourth-order valence-corrected chi connectivity index (χ4v) is 2.04. The van der Waals surface area contributed by atoms with Crippen LogP contribution >= 0.6 is 12.6 Å². The van der Waals surface area contributed by atoms with Crippen molar-refractivity contribution in [2.24, 2.45) is 5.73 Å². The predicted octanol–water partition coefficient (Wildman–Crippen LogP) is 1.55. The normalized spacial score (nSPS) is 11.2. The van der Waals surface area contributed by atoms with Gasteiger partial charge in [0.05, 0.1) is 23.9 Å². The molecule has 0 aliphatic carbocycles. The molecule has 0 saturated carbocycles. The number of rotatable bonds is 4. The molecule has 1 amide bonds. The zero-order valence-corrected chi connectivity index (χ0v) is 12.1. The molecule has 1 aromatic heterocycles. The lowest BCUT2D eigenvalue weighted by molar-refractivity contribution is -0.113. The third-order valence-corrected chi connectivity index (χ3v) is 3.07. The van der Waals surface area contributed by atoms with Crippen LogP contribution < -0.4 is 5.73 Å². The van der Waals surface area contributed by atoms with Gasteiger partial charge in [0.25, 0.3) is 0 Å². The van der Waals surface area contributed by atoms with E-state index in [4.69, 9.17) is 10.5 Å². The van der Waals surface area contributed by atoms with Gasteiger partial charge in [-0.3, -0.25) is 4.79 Å². The predicted molar refractivity (Wildman–Crippen MR) is 81.5 cm³/mol. The number of methoxy groups -OCH3 is 1. The number of carbonyl (C=O) groups excluding carboxylic acids is 2. The van der Waals surface area contributed by atoms with Crippen LogP contribution in [0.15, 0.2) is 42.7 Å². The van der Waals surface area contributed by atoms with Gasteiger partial charge in [0, 0.05) is 17.8 Å². The van der Waals surface area contributed by atoms with Crippen molar-refractivity contribution in [1.29, 1.82) is 0 Å². The molecule has 7 heteroatoms. The summed E-state index contributed by atoms with van der Waals surface area (Å²) in [6.45, 7) is 0. The summed E-state index contributed by atoms with van der Waals surface area (Å²) in [5, 5.41) is 4.37. The number of aromatic nitrogens is 2. The van der Waals surface area contributed by atoms with Crippen molar-refractivity contribution in [3.05, 3.63) is 48.3 Å². The summed E-state index contributed by atoms with van der Waals surface area (Å²) in [5.74, 6) is -1.05. The van der Waals surface area contributed by atoms with Crippen LogP contribution in [0.2, 0.25) is 0 Å². The van der Waals surface area contributed by atoms with Crippen LogP contribution in [-0.2, 0) is 9.53 Å². The van der Waals surface area contributed by atoms with Crippen molar-refractivity contribution in [2.75, 3.05) is 7.11 Å². The summed E-state index contributed by atoms with van der Waals surface area (Å²) in [6.07, 6.45) is 4.35. The minimum Gasteiger partial charge on any atom is -0.465 e. The Labute approximate surface area is 126 Å². The second kappa shape index (κ2) is 6.27. The average molecular weight is 303 g/mol. The standard InChI is InChI=1S/C14H13N3O3S/c1-20-14(19)11-5-3-2-4-10(11)9-7-16-17(8-9)13(21)6-12(15)18/h2-8,21H,1H3,(H2,15,18)/b13-6-. The number of hydrogen-bond acceptors (Lipinski definition) is 5. The molecule has 21 heavy (non-hydrogen) atoms. The topological polar surface area (TPSA) is 87.2 Å². The number of primary amides is 1. The van der Waals surface area contributed by atoms with Gasteiger partial charge in [-0.05, 0) is 11.6 Å². The lowest BCUT2D eigenvalue weighted by Gasteiger charge is -2.05. The molecule has 1 aromatic carbocycles. The molecule has 0 fully saturated rings. The first-order valence-corrected chi connectivity index (χ1v) is 6.40. The minimum absolute atomic E-state index is 0.282. The molecule has 108 valence electrons. The van der Waals surface area contributed by atoms with Crippen LogP contribution in [0.5, 0.6) is 0 Å². The number of esters is 1. The lowest BCUT2D eigenvalue weighted by atomic mass is 10.0. The first-order chi connectivity index (χ1) is 10.0. The summed E-state index contributed by atoms with van der Waals surface area (Å²) in [7, 11) is 1.32. The van der Waals surface area contributed by atoms with Crippen molar-refractivity contribution < 1.29 is 14.3 Å². The molecular weight excluding hydrogens is 290 g/mol. The number of nitrogens with two attached hydrogens (primary N) is 1. The SMILES string of the molecule is COC(=O)c1ccccc1-c1cnn(/C(S)=C/C(N)=O)c1. The lowest BCUT2D eigenvalue weighted by Crippen LogP contribution is -2.07. The molecule has 0 unspecified atom stereocenters. The van der Waals surface area contributed by atoms with Gasteiger partial charge in [0.15, 0.2) is 0 Å². The number of ether oxygens (including phenoxy) is 1. The van der Waals surface area contributed by atoms with Gasteiger partial charge in [-0.15, -0.1) is 12.6 Å². The van der Waals surface area contributed by atoms with Crippen LogP contribution in [0.4, 0.5) is 0 Å². The van der Waals surface area contributed by atoms with Gasteiger partial charge in [-0.1, -0.05) is 18.2 Å². The highest BCUT2D eigenvalue weighted by molar-refractivity contribution is 7.90. The van der Waals surface area contributed by atoms with Gasteiger partial charge in [-0.2, -0.15) is 5.10 Å². The van der Waals surface area contributed by atoms with E-state index < -0.39 is 11.9 Å². The molecular formula is C14H13N3O3S. The smallest absolute Gasteiger partial charge is 0.338 e. The number of thiol groups is 1. The van der Waals surface area contributed by atoms with Crippen molar-refractivity contribution in [1.82, 2.24) is 9.78 Å². The van der Waals surface area contributed by atoms with E-state index in [2.05, 4.69) is 17.7 Å². The average Bonchev–Trinajstić information content (AvgIpc) is 2.95. The first-order valence-electron chi connectivity index (χ1n) is 5.95. The molecule has 0 atom stereocenters. The Balaban J connectivity index is 2.43. The largest absolute Gasteiger partial charge is 0.465 e. The van der Waals surface area contributed by atoms with Gasteiger partial charge in [0.2, 0.25) is 5.91 Å². The number of nitrogens with zero attached hydrogens (tertiary/aromatic N) is 2. The maximum Gasteiger partial charge on any atom is 0.338 e. The maximum absolute atomic E-state index is 11.8. The van der Waals surface area contributed by atoms with Crippen LogP contribution in [0.1, 0.15) is 10.4 Å². The quantitative estimate of drug-likeness (QED) is 0.509. The second-order valence-electron chi connectivity index (χ2n) is 4.12. The Morgan fingerprint density at radius 2 is 2.10 bits per heavy atom. The third-order valence-electron chi connectivity index (χ3n) is 2.73. The van der Waals surface area contributed by atoms with Crippen molar-refractivity contribution in [2.45, 2.75) is 0 Å². The van der Waals surface area contributed by atoms with Gasteiger partial charge >= 0.3 is 5.97 Å². The number of amides is 1.